The number of thioether (sulfide) groups is 1. The van der Waals surface area contributed by atoms with Crippen molar-refractivity contribution in [2.75, 3.05) is 13.1 Å². The molecule has 1 N–H and O–H groups in total. The van der Waals surface area contributed by atoms with E-state index in [0.717, 1.165) is 30.3 Å². The molecule has 0 bridgehead atoms. The van der Waals surface area contributed by atoms with Crippen LogP contribution in [0.5, 0.6) is 0 Å². The Bertz CT molecular complexity index is 943. The van der Waals surface area contributed by atoms with Gasteiger partial charge in [-0.3, -0.25) is 14.5 Å². The summed E-state index contributed by atoms with van der Waals surface area (Å²) in [5.74, 6) is -0.563. The molecule has 1 aliphatic rings. The average molecular weight is 447 g/mol. The van der Waals surface area contributed by atoms with Gasteiger partial charge in [-0.2, -0.15) is 0 Å². The zero-order valence-electron chi connectivity index (χ0n) is 15.5. The van der Waals surface area contributed by atoms with E-state index in [9.17, 15) is 9.59 Å². The Hall–Kier alpha value is -2.42. The predicted molar refractivity (Wildman–Crippen MR) is 120 cm³/mol. The lowest BCUT2D eigenvalue weighted by atomic mass is 10.2. The van der Waals surface area contributed by atoms with Gasteiger partial charge >= 0.3 is 0 Å². The van der Waals surface area contributed by atoms with Crippen molar-refractivity contribution in [1.82, 2.24) is 19.8 Å². The summed E-state index contributed by atoms with van der Waals surface area (Å²) in [6.45, 7) is 1.16. The van der Waals surface area contributed by atoms with Gasteiger partial charge in [-0.05, 0) is 24.1 Å². The predicted octanol–water partition coefficient (Wildman–Crippen LogP) is 3.41. The van der Waals surface area contributed by atoms with Crippen LogP contribution in [0, 0.1) is 0 Å². The first-order valence-electron chi connectivity index (χ1n) is 8.93. The van der Waals surface area contributed by atoms with Crippen molar-refractivity contribution >= 4 is 57.8 Å². The van der Waals surface area contributed by atoms with Gasteiger partial charge in [0.05, 0.1) is 11.2 Å². The van der Waals surface area contributed by atoms with E-state index in [1.165, 1.54) is 4.90 Å². The second-order valence-electron chi connectivity index (χ2n) is 6.21. The number of rotatable bonds is 8. The second kappa shape index (κ2) is 10.4. The fraction of sp³-hybridized carbons (Fsp3) is 0.200. The zero-order chi connectivity index (χ0) is 20.6. The topological polar surface area (TPSA) is 67.2 Å². The van der Waals surface area contributed by atoms with E-state index < -0.39 is 0 Å². The number of thiocarbonyl (C=S) groups is 1. The largest absolute Gasteiger partial charge is 0.354 e. The minimum Gasteiger partial charge on any atom is -0.354 e. The van der Waals surface area contributed by atoms with E-state index in [-0.39, 0.29) is 18.4 Å². The molecule has 0 spiro atoms. The molecular formula is C20H19ClN4O2S2. The van der Waals surface area contributed by atoms with Crippen LogP contribution in [0.2, 0.25) is 0 Å². The number of hydrogen-bond acceptors (Lipinski definition) is 5. The number of nitrogens with one attached hydrogen (secondary N) is 1. The number of amides is 2. The summed E-state index contributed by atoms with van der Waals surface area (Å²) in [5, 5.41) is 3.23. The Labute approximate surface area is 183 Å². The third-order valence-corrected chi connectivity index (χ3v) is 5.62. The van der Waals surface area contributed by atoms with Crippen LogP contribution in [0.4, 0.5) is 0 Å². The highest BCUT2D eigenvalue weighted by Crippen LogP contribution is 2.32. The van der Waals surface area contributed by atoms with E-state index in [4.69, 9.17) is 23.8 Å². The number of halogens is 1. The summed E-state index contributed by atoms with van der Waals surface area (Å²) in [6, 6.07) is 9.56. The Balaban J connectivity index is 1.51. The van der Waals surface area contributed by atoms with Gasteiger partial charge in [0.25, 0.3) is 5.91 Å². The highest BCUT2D eigenvalue weighted by molar-refractivity contribution is 8.26. The molecule has 6 nitrogen and oxygen atoms in total. The van der Waals surface area contributed by atoms with Crippen LogP contribution in [0.1, 0.15) is 12.0 Å². The number of imidazole rings is 1. The van der Waals surface area contributed by atoms with Gasteiger partial charge in [0.2, 0.25) is 5.91 Å². The normalized spacial score (nSPS) is 16.0. The van der Waals surface area contributed by atoms with Crippen LogP contribution in [-0.4, -0.2) is 43.7 Å². The fourth-order valence-electron chi connectivity index (χ4n) is 2.62. The summed E-state index contributed by atoms with van der Waals surface area (Å²) < 4.78 is 2.28. The molecule has 3 rings (SSSR count). The van der Waals surface area contributed by atoms with Crippen molar-refractivity contribution in [2.45, 2.75) is 13.0 Å². The van der Waals surface area contributed by atoms with E-state index in [1.807, 2.05) is 41.1 Å². The minimum absolute atomic E-state index is 0.104. The third-order valence-electron chi connectivity index (χ3n) is 4.02. The molecule has 0 radical (unpaired) electrons. The lowest BCUT2D eigenvalue weighted by Crippen LogP contribution is -2.39. The quantitative estimate of drug-likeness (QED) is 0.382. The molecule has 0 atom stereocenters. The fourth-order valence-corrected chi connectivity index (χ4v) is 4.17. The zero-order valence-corrected chi connectivity index (χ0v) is 17.8. The van der Waals surface area contributed by atoms with Gasteiger partial charge in [-0.15, -0.1) is 0 Å². The van der Waals surface area contributed by atoms with E-state index in [1.54, 1.807) is 24.7 Å². The second-order valence-corrected chi connectivity index (χ2v) is 8.32. The molecule has 1 aromatic heterocycles. The first-order valence-corrected chi connectivity index (χ1v) is 10.5. The van der Waals surface area contributed by atoms with Crippen LogP contribution in [-0.2, 0) is 16.1 Å². The smallest absolute Gasteiger partial charge is 0.266 e. The molecule has 0 saturated carbocycles. The van der Waals surface area contributed by atoms with Gasteiger partial charge in [0.15, 0.2) is 0 Å². The van der Waals surface area contributed by atoms with Gasteiger partial charge < -0.3 is 9.88 Å². The van der Waals surface area contributed by atoms with Crippen molar-refractivity contribution in [1.29, 1.82) is 0 Å². The maximum absolute atomic E-state index is 12.6. The summed E-state index contributed by atoms with van der Waals surface area (Å²) in [5.41, 5.74) is 0.930. The summed E-state index contributed by atoms with van der Waals surface area (Å²) in [6.07, 6.45) is 9.41. The van der Waals surface area contributed by atoms with Gasteiger partial charge in [0, 0.05) is 30.5 Å². The number of benzene rings is 1. The van der Waals surface area contributed by atoms with Crippen LogP contribution in [0.25, 0.3) is 6.08 Å². The summed E-state index contributed by atoms with van der Waals surface area (Å²) in [4.78, 5) is 30.4. The molecule has 0 unspecified atom stereocenters. The molecule has 1 aromatic carbocycles. The molecule has 1 fully saturated rings. The van der Waals surface area contributed by atoms with Gasteiger partial charge in [0.1, 0.15) is 10.9 Å². The highest BCUT2D eigenvalue weighted by atomic mass is 35.5. The number of aryl methyl sites for hydroxylation is 1. The first-order chi connectivity index (χ1) is 14.0. The van der Waals surface area contributed by atoms with Crippen LogP contribution >= 0.6 is 35.6 Å². The standard InChI is InChI=1S/C20H19ClN4O2S2/c21-16(11-15-5-2-1-3-6-15)12-17-19(27)25(20(28)29-17)13-18(26)23-7-4-9-24-10-8-22-14-24/h1-3,5-6,8,10-12,14H,4,7,9,13H2,(H,23,26). The van der Waals surface area contributed by atoms with Crippen LogP contribution < -0.4 is 5.32 Å². The lowest BCUT2D eigenvalue weighted by molar-refractivity contribution is -0.128. The van der Waals surface area contributed by atoms with Crippen LogP contribution in [0.15, 0.2) is 65.1 Å². The van der Waals surface area contributed by atoms with Crippen molar-refractivity contribution < 1.29 is 9.59 Å². The van der Waals surface area contributed by atoms with E-state index in [0.29, 0.717) is 20.8 Å². The number of hydrogen-bond donors (Lipinski definition) is 1. The molecule has 29 heavy (non-hydrogen) atoms. The van der Waals surface area contributed by atoms with Crippen molar-refractivity contribution in [2.24, 2.45) is 0 Å². The Morgan fingerprint density at radius 1 is 1.31 bits per heavy atom. The number of allylic oxidation sites excluding steroid dienone is 2. The van der Waals surface area contributed by atoms with Crippen molar-refractivity contribution in [3.8, 4) is 0 Å². The lowest BCUT2D eigenvalue weighted by Gasteiger charge is -2.14. The van der Waals surface area contributed by atoms with Gasteiger partial charge in [-0.1, -0.05) is 65.9 Å². The van der Waals surface area contributed by atoms with Crippen molar-refractivity contribution in [3.05, 3.63) is 70.6 Å². The number of carbonyl (C=O) groups is 2. The Morgan fingerprint density at radius 2 is 2.10 bits per heavy atom. The monoisotopic (exact) mass is 446 g/mol. The molecule has 1 aliphatic heterocycles. The summed E-state index contributed by atoms with van der Waals surface area (Å²) >= 11 is 12.7. The molecule has 2 aromatic rings. The average Bonchev–Trinajstić information content (AvgIpc) is 3.30. The molecule has 2 amide bonds. The Kier molecular flexibility index (Phi) is 7.62. The SMILES string of the molecule is O=C(CN1C(=O)C(=CC(Cl)=Cc2ccccc2)SC1=S)NCCCn1ccnc1. The van der Waals surface area contributed by atoms with E-state index in [2.05, 4.69) is 10.3 Å². The number of nitrogens with zero attached hydrogens (tertiary/aromatic N) is 3. The third kappa shape index (κ3) is 6.28. The van der Waals surface area contributed by atoms with E-state index >= 15 is 0 Å². The molecule has 150 valence electrons. The first kappa shape index (κ1) is 21.3. The number of carbonyl (C=O) groups excluding carboxylic acids is 2. The molecule has 2 heterocycles. The van der Waals surface area contributed by atoms with Crippen LogP contribution in [0.3, 0.4) is 0 Å². The highest BCUT2D eigenvalue weighted by Gasteiger charge is 2.33. The minimum atomic E-state index is -0.312. The maximum atomic E-state index is 12.6. The summed E-state index contributed by atoms with van der Waals surface area (Å²) in [7, 11) is 0. The molecular weight excluding hydrogens is 428 g/mol. The molecule has 1 saturated heterocycles. The Morgan fingerprint density at radius 3 is 2.83 bits per heavy atom. The van der Waals surface area contributed by atoms with Crippen molar-refractivity contribution in [3.63, 3.8) is 0 Å². The number of aromatic nitrogens is 2. The molecule has 0 aliphatic carbocycles. The van der Waals surface area contributed by atoms with Gasteiger partial charge in [-0.25, -0.2) is 4.98 Å². The maximum Gasteiger partial charge on any atom is 0.266 e. The molecule has 9 heteroatoms.